The van der Waals surface area contributed by atoms with Crippen molar-refractivity contribution in [2.75, 3.05) is 17.9 Å². The number of nitrogens with one attached hydrogen (secondary N) is 1. The second-order valence-corrected chi connectivity index (χ2v) is 7.98. The summed E-state index contributed by atoms with van der Waals surface area (Å²) in [4.78, 5) is 17.7. The predicted octanol–water partition coefficient (Wildman–Crippen LogP) is 2.78. The molecule has 0 spiro atoms. The van der Waals surface area contributed by atoms with Crippen molar-refractivity contribution in [2.24, 2.45) is 0 Å². The number of carbonyl (C=O) groups excluding carboxylic acids is 1. The van der Waals surface area contributed by atoms with Gasteiger partial charge in [0.25, 0.3) is 5.91 Å². The van der Waals surface area contributed by atoms with E-state index in [1.54, 1.807) is 54.1 Å². The van der Waals surface area contributed by atoms with Gasteiger partial charge in [-0.2, -0.15) is 0 Å². The molecule has 0 atom stereocenters. The van der Waals surface area contributed by atoms with Crippen molar-refractivity contribution in [3.63, 3.8) is 0 Å². The maximum atomic E-state index is 13.1. The molecule has 1 heterocycles. The van der Waals surface area contributed by atoms with Crippen LogP contribution in [0.3, 0.4) is 0 Å². The normalized spacial score (nSPS) is 11.0. The second kappa shape index (κ2) is 8.72. The van der Waals surface area contributed by atoms with Crippen LogP contribution in [0.25, 0.3) is 0 Å². The van der Waals surface area contributed by atoms with Crippen molar-refractivity contribution in [3.05, 3.63) is 78.6 Å². The van der Waals surface area contributed by atoms with Crippen LogP contribution < -0.4 is 15.1 Å². The van der Waals surface area contributed by atoms with E-state index in [4.69, 9.17) is 9.94 Å². The van der Waals surface area contributed by atoms with Gasteiger partial charge in [-0.05, 0) is 48.5 Å². The third-order valence-corrected chi connectivity index (χ3v) is 5.80. The lowest BCUT2D eigenvalue weighted by Crippen LogP contribution is -2.29. The highest BCUT2D eigenvalue weighted by Gasteiger charge is 2.24. The van der Waals surface area contributed by atoms with E-state index in [1.165, 1.54) is 36.4 Å². The highest BCUT2D eigenvalue weighted by molar-refractivity contribution is 7.91. The first kappa shape index (κ1) is 20.3. The van der Waals surface area contributed by atoms with E-state index >= 15 is 0 Å². The van der Waals surface area contributed by atoms with Gasteiger partial charge in [0.15, 0.2) is 9.84 Å². The summed E-state index contributed by atoms with van der Waals surface area (Å²) in [6, 6.07) is 15.8. The number of sulfone groups is 1. The van der Waals surface area contributed by atoms with Crippen molar-refractivity contribution in [1.29, 1.82) is 0 Å². The summed E-state index contributed by atoms with van der Waals surface area (Å²) in [6.07, 6.45) is 3.06. The van der Waals surface area contributed by atoms with Crippen LogP contribution in [0.2, 0.25) is 0 Å². The number of nitrogens with zero attached hydrogens (tertiary/aromatic N) is 2. The summed E-state index contributed by atoms with van der Waals surface area (Å²) in [5.41, 5.74) is 2.49. The number of benzene rings is 2. The first-order chi connectivity index (χ1) is 14.0. The van der Waals surface area contributed by atoms with E-state index in [2.05, 4.69) is 4.98 Å². The monoisotopic (exact) mass is 413 g/mol. The molecule has 1 aromatic heterocycles. The number of pyridine rings is 1. The van der Waals surface area contributed by atoms with Gasteiger partial charge in [-0.1, -0.05) is 12.1 Å². The standard InChI is InChI=1S/C20H19N3O5S/c1-28-16-8-10-17(11-9-16)29(26,27)14-23(15-5-4-12-21-13-15)19-7-3-2-6-18(19)20(24)22-25/h2-13,25H,14H2,1H3,(H,22,24). The second-order valence-electron chi connectivity index (χ2n) is 6.02. The summed E-state index contributed by atoms with van der Waals surface area (Å²) in [6.45, 7) is 0. The zero-order valence-corrected chi connectivity index (χ0v) is 16.3. The number of carbonyl (C=O) groups is 1. The van der Waals surface area contributed by atoms with Gasteiger partial charge in [0.2, 0.25) is 0 Å². The first-order valence-electron chi connectivity index (χ1n) is 8.54. The van der Waals surface area contributed by atoms with Gasteiger partial charge in [-0.3, -0.25) is 15.0 Å². The Bertz CT molecular complexity index is 1090. The Morgan fingerprint density at radius 2 is 1.83 bits per heavy atom. The lowest BCUT2D eigenvalue weighted by Gasteiger charge is -2.26. The van der Waals surface area contributed by atoms with Gasteiger partial charge < -0.3 is 9.64 Å². The van der Waals surface area contributed by atoms with Crippen LogP contribution in [0, 0.1) is 0 Å². The lowest BCUT2D eigenvalue weighted by molar-refractivity contribution is 0.0707. The molecule has 0 saturated heterocycles. The van der Waals surface area contributed by atoms with Crippen molar-refractivity contribution in [2.45, 2.75) is 4.90 Å². The Balaban J connectivity index is 2.07. The highest BCUT2D eigenvalue weighted by atomic mass is 32.2. The Kier molecular flexibility index (Phi) is 6.10. The lowest BCUT2D eigenvalue weighted by atomic mass is 10.1. The Morgan fingerprint density at radius 3 is 2.45 bits per heavy atom. The molecular formula is C20H19N3O5S. The number of rotatable bonds is 7. The van der Waals surface area contributed by atoms with Gasteiger partial charge >= 0.3 is 0 Å². The van der Waals surface area contributed by atoms with Crippen LogP contribution in [0.15, 0.2) is 78.0 Å². The number of amides is 1. The molecule has 0 aliphatic rings. The molecule has 29 heavy (non-hydrogen) atoms. The van der Waals surface area contributed by atoms with Crippen molar-refractivity contribution >= 4 is 27.1 Å². The minimum absolute atomic E-state index is 0.108. The average molecular weight is 413 g/mol. The van der Waals surface area contributed by atoms with E-state index < -0.39 is 21.6 Å². The molecule has 0 radical (unpaired) electrons. The number of hydroxylamine groups is 1. The molecule has 3 aromatic rings. The van der Waals surface area contributed by atoms with Crippen LogP contribution in [-0.2, 0) is 9.84 Å². The number of ether oxygens (including phenoxy) is 1. The summed E-state index contributed by atoms with van der Waals surface area (Å²) >= 11 is 0. The molecule has 8 nitrogen and oxygen atoms in total. The van der Waals surface area contributed by atoms with Gasteiger partial charge in [-0.25, -0.2) is 13.9 Å². The predicted molar refractivity (Wildman–Crippen MR) is 107 cm³/mol. The minimum Gasteiger partial charge on any atom is -0.497 e. The van der Waals surface area contributed by atoms with Gasteiger partial charge in [-0.15, -0.1) is 0 Å². The van der Waals surface area contributed by atoms with Gasteiger partial charge in [0.05, 0.1) is 35.1 Å². The molecule has 2 N–H and O–H groups in total. The fourth-order valence-corrected chi connectivity index (χ4v) is 4.11. The maximum absolute atomic E-state index is 13.1. The van der Waals surface area contributed by atoms with E-state index in [0.29, 0.717) is 17.1 Å². The number of methoxy groups -OCH3 is 1. The molecule has 0 aliphatic heterocycles. The van der Waals surface area contributed by atoms with Crippen LogP contribution in [0.5, 0.6) is 5.75 Å². The number of hydrogen-bond acceptors (Lipinski definition) is 7. The fraction of sp³-hybridized carbons (Fsp3) is 0.100. The highest BCUT2D eigenvalue weighted by Crippen LogP contribution is 2.30. The average Bonchev–Trinajstić information content (AvgIpc) is 2.77. The van der Waals surface area contributed by atoms with E-state index in [0.717, 1.165) is 0 Å². The molecule has 0 fully saturated rings. The number of aromatic nitrogens is 1. The Morgan fingerprint density at radius 1 is 1.10 bits per heavy atom. The third kappa shape index (κ3) is 4.53. The fourth-order valence-electron chi connectivity index (χ4n) is 2.79. The van der Waals surface area contributed by atoms with Crippen LogP contribution in [0.1, 0.15) is 10.4 Å². The molecule has 0 unspecified atom stereocenters. The molecular weight excluding hydrogens is 394 g/mol. The molecule has 1 amide bonds. The quantitative estimate of drug-likeness (QED) is 0.453. The zero-order chi connectivity index (χ0) is 20.9. The maximum Gasteiger partial charge on any atom is 0.276 e. The summed E-state index contributed by atoms with van der Waals surface area (Å²) in [5, 5.41) is 9.06. The Labute approximate surface area is 168 Å². The number of anilines is 2. The van der Waals surface area contributed by atoms with E-state index in [9.17, 15) is 13.2 Å². The van der Waals surface area contributed by atoms with Crippen LogP contribution >= 0.6 is 0 Å². The van der Waals surface area contributed by atoms with Crippen molar-refractivity contribution < 1.29 is 23.2 Å². The minimum atomic E-state index is -3.78. The number of para-hydroxylation sites is 1. The van der Waals surface area contributed by atoms with Crippen LogP contribution in [-0.4, -0.2) is 37.5 Å². The SMILES string of the molecule is COc1ccc(S(=O)(=O)CN(c2cccnc2)c2ccccc2C(=O)NO)cc1. The third-order valence-electron chi connectivity index (χ3n) is 4.22. The van der Waals surface area contributed by atoms with Crippen LogP contribution in [0.4, 0.5) is 11.4 Å². The van der Waals surface area contributed by atoms with E-state index in [-0.39, 0.29) is 10.5 Å². The number of hydrogen-bond donors (Lipinski definition) is 2. The molecule has 0 bridgehead atoms. The molecule has 3 rings (SSSR count). The van der Waals surface area contributed by atoms with Gasteiger partial charge in [0.1, 0.15) is 11.6 Å². The molecule has 2 aromatic carbocycles. The largest absolute Gasteiger partial charge is 0.497 e. The molecule has 0 aliphatic carbocycles. The van der Waals surface area contributed by atoms with E-state index in [1.807, 2.05) is 0 Å². The topological polar surface area (TPSA) is 109 Å². The molecule has 9 heteroatoms. The smallest absolute Gasteiger partial charge is 0.276 e. The Hall–Kier alpha value is -3.43. The summed E-state index contributed by atoms with van der Waals surface area (Å²) < 4.78 is 31.2. The molecule has 0 saturated carbocycles. The summed E-state index contributed by atoms with van der Waals surface area (Å²) in [5.74, 6) is -0.657. The van der Waals surface area contributed by atoms with Crippen molar-refractivity contribution in [1.82, 2.24) is 10.5 Å². The van der Waals surface area contributed by atoms with Gasteiger partial charge in [0, 0.05) is 6.20 Å². The zero-order valence-electron chi connectivity index (χ0n) is 15.5. The summed E-state index contributed by atoms with van der Waals surface area (Å²) in [7, 11) is -2.28. The molecule has 150 valence electrons. The van der Waals surface area contributed by atoms with Crippen molar-refractivity contribution in [3.8, 4) is 5.75 Å². The first-order valence-corrected chi connectivity index (χ1v) is 10.2.